The Kier molecular flexibility index (Phi) is 5.14. The fourth-order valence-electron chi connectivity index (χ4n) is 2.79. The maximum atomic E-state index is 12.9. The van der Waals surface area contributed by atoms with Crippen LogP contribution in [0.25, 0.3) is 0 Å². The zero-order valence-electron chi connectivity index (χ0n) is 10.8. The molecule has 1 fully saturated rings. The molecule has 0 heterocycles. The molecule has 0 aliphatic heterocycles. The lowest BCUT2D eigenvalue weighted by atomic mass is 9.94. The van der Waals surface area contributed by atoms with Gasteiger partial charge in [0.05, 0.1) is 6.61 Å². The molecule has 0 saturated heterocycles. The van der Waals surface area contributed by atoms with Crippen LogP contribution in [0.5, 0.6) is 0 Å². The lowest BCUT2D eigenvalue weighted by Crippen LogP contribution is -2.38. The maximum absolute atomic E-state index is 12.9. The predicted molar refractivity (Wildman–Crippen MR) is 70.8 cm³/mol. The van der Waals surface area contributed by atoms with Crippen molar-refractivity contribution in [3.8, 4) is 0 Å². The highest BCUT2D eigenvalue weighted by atomic mass is 19.1. The molecular formula is C15H22FNO. The molecule has 1 aromatic carbocycles. The second kappa shape index (κ2) is 6.86. The average molecular weight is 251 g/mol. The molecule has 1 aliphatic rings. The number of nitrogens with zero attached hydrogens (tertiary/aromatic N) is 1. The summed E-state index contributed by atoms with van der Waals surface area (Å²) in [4.78, 5) is 2.34. The normalized spacial score (nSPS) is 17.3. The van der Waals surface area contributed by atoms with Gasteiger partial charge >= 0.3 is 0 Å². The molecule has 0 radical (unpaired) electrons. The van der Waals surface area contributed by atoms with Gasteiger partial charge in [0.25, 0.3) is 0 Å². The van der Waals surface area contributed by atoms with Gasteiger partial charge in [0.15, 0.2) is 0 Å². The topological polar surface area (TPSA) is 23.5 Å². The van der Waals surface area contributed by atoms with Gasteiger partial charge in [-0.15, -0.1) is 0 Å². The summed E-state index contributed by atoms with van der Waals surface area (Å²) in [6.45, 7) is 1.71. The number of hydrogen-bond acceptors (Lipinski definition) is 2. The highest BCUT2D eigenvalue weighted by molar-refractivity contribution is 5.16. The third-order valence-electron chi connectivity index (χ3n) is 3.78. The van der Waals surface area contributed by atoms with Crippen LogP contribution in [0.15, 0.2) is 24.3 Å². The monoisotopic (exact) mass is 251 g/mol. The molecule has 18 heavy (non-hydrogen) atoms. The summed E-state index contributed by atoms with van der Waals surface area (Å²) >= 11 is 0. The zero-order valence-corrected chi connectivity index (χ0v) is 10.8. The van der Waals surface area contributed by atoms with E-state index in [1.807, 2.05) is 12.1 Å². The summed E-state index contributed by atoms with van der Waals surface area (Å²) in [7, 11) is 0. The third-order valence-corrected chi connectivity index (χ3v) is 3.78. The molecule has 2 nitrogen and oxygen atoms in total. The smallest absolute Gasteiger partial charge is 0.123 e. The van der Waals surface area contributed by atoms with Crippen molar-refractivity contribution in [3.63, 3.8) is 0 Å². The van der Waals surface area contributed by atoms with Crippen molar-refractivity contribution in [3.05, 3.63) is 35.6 Å². The standard InChI is InChI=1S/C15H22FNO/c16-14-8-6-13(7-9-14)12-17(10-11-18)15-4-2-1-3-5-15/h6-9,15,18H,1-5,10-12H2. The Morgan fingerprint density at radius 1 is 1.11 bits per heavy atom. The van der Waals surface area contributed by atoms with Crippen molar-refractivity contribution >= 4 is 0 Å². The van der Waals surface area contributed by atoms with Gasteiger partial charge < -0.3 is 5.11 Å². The molecular weight excluding hydrogens is 229 g/mol. The van der Waals surface area contributed by atoms with Crippen LogP contribution >= 0.6 is 0 Å². The van der Waals surface area contributed by atoms with E-state index >= 15 is 0 Å². The molecule has 1 N–H and O–H groups in total. The molecule has 0 unspecified atom stereocenters. The number of benzene rings is 1. The second-order valence-electron chi connectivity index (χ2n) is 5.11. The van der Waals surface area contributed by atoms with Gasteiger partial charge in [-0.1, -0.05) is 31.4 Å². The van der Waals surface area contributed by atoms with Crippen molar-refractivity contribution in [1.82, 2.24) is 4.90 Å². The molecule has 0 aromatic heterocycles. The largest absolute Gasteiger partial charge is 0.395 e. The summed E-state index contributed by atoms with van der Waals surface area (Å²) in [5, 5.41) is 9.19. The zero-order chi connectivity index (χ0) is 12.8. The Morgan fingerprint density at radius 2 is 1.78 bits per heavy atom. The van der Waals surface area contributed by atoms with Gasteiger partial charge in [0.2, 0.25) is 0 Å². The van der Waals surface area contributed by atoms with E-state index in [9.17, 15) is 9.50 Å². The molecule has 3 heteroatoms. The van der Waals surface area contributed by atoms with Crippen molar-refractivity contribution in [2.24, 2.45) is 0 Å². The molecule has 0 spiro atoms. The minimum atomic E-state index is -0.190. The Balaban J connectivity index is 1.98. The predicted octanol–water partition coefficient (Wildman–Crippen LogP) is 2.95. The molecule has 2 rings (SSSR count). The summed E-state index contributed by atoms with van der Waals surface area (Å²) in [6.07, 6.45) is 6.36. The van der Waals surface area contributed by atoms with Gasteiger partial charge in [-0.3, -0.25) is 4.90 Å². The van der Waals surface area contributed by atoms with E-state index in [-0.39, 0.29) is 12.4 Å². The van der Waals surface area contributed by atoms with Crippen LogP contribution in [0.4, 0.5) is 4.39 Å². The lowest BCUT2D eigenvalue weighted by Gasteiger charge is -2.34. The third kappa shape index (κ3) is 3.79. The first-order valence-corrected chi connectivity index (χ1v) is 6.89. The van der Waals surface area contributed by atoms with E-state index in [0.29, 0.717) is 12.6 Å². The molecule has 100 valence electrons. The Hall–Kier alpha value is -0.930. The summed E-state index contributed by atoms with van der Waals surface area (Å²) in [5.74, 6) is -0.190. The Bertz CT molecular complexity index is 346. The fourth-order valence-corrected chi connectivity index (χ4v) is 2.79. The van der Waals surface area contributed by atoms with Crippen LogP contribution in [0, 0.1) is 5.82 Å². The summed E-state index contributed by atoms with van der Waals surface area (Å²) in [5.41, 5.74) is 1.12. The van der Waals surface area contributed by atoms with E-state index < -0.39 is 0 Å². The van der Waals surface area contributed by atoms with Gasteiger partial charge in [0.1, 0.15) is 5.82 Å². The van der Waals surface area contributed by atoms with Crippen LogP contribution in [-0.2, 0) is 6.54 Å². The SMILES string of the molecule is OCCN(Cc1ccc(F)cc1)C1CCCCC1. The first kappa shape index (κ1) is 13.5. The number of hydrogen-bond donors (Lipinski definition) is 1. The first-order valence-electron chi connectivity index (χ1n) is 6.89. The van der Waals surface area contributed by atoms with Crippen molar-refractivity contribution in [2.75, 3.05) is 13.2 Å². The minimum absolute atomic E-state index is 0.190. The van der Waals surface area contributed by atoms with Crippen LogP contribution in [0.1, 0.15) is 37.7 Å². The minimum Gasteiger partial charge on any atom is -0.395 e. The lowest BCUT2D eigenvalue weighted by molar-refractivity contribution is 0.117. The number of halogens is 1. The number of aliphatic hydroxyl groups is 1. The highest BCUT2D eigenvalue weighted by Gasteiger charge is 2.20. The van der Waals surface area contributed by atoms with Gasteiger partial charge in [-0.25, -0.2) is 4.39 Å². The van der Waals surface area contributed by atoms with E-state index in [1.54, 1.807) is 0 Å². The van der Waals surface area contributed by atoms with Crippen LogP contribution in [0.2, 0.25) is 0 Å². The van der Waals surface area contributed by atoms with Crippen LogP contribution in [-0.4, -0.2) is 29.2 Å². The van der Waals surface area contributed by atoms with Crippen molar-refractivity contribution in [2.45, 2.75) is 44.7 Å². The quantitative estimate of drug-likeness (QED) is 0.869. The molecule has 1 aliphatic carbocycles. The molecule has 0 bridgehead atoms. The van der Waals surface area contributed by atoms with Crippen molar-refractivity contribution < 1.29 is 9.50 Å². The Morgan fingerprint density at radius 3 is 2.39 bits per heavy atom. The van der Waals surface area contributed by atoms with Gasteiger partial charge in [-0.05, 0) is 30.5 Å². The van der Waals surface area contributed by atoms with Crippen LogP contribution < -0.4 is 0 Å². The summed E-state index contributed by atoms with van der Waals surface area (Å²) < 4.78 is 12.9. The molecule has 0 atom stereocenters. The van der Waals surface area contributed by atoms with Gasteiger partial charge in [0, 0.05) is 19.1 Å². The average Bonchev–Trinajstić information content (AvgIpc) is 2.42. The first-order chi connectivity index (χ1) is 8.79. The second-order valence-corrected chi connectivity index (χ2v) is 5.11. The molecule has 0 amide bonds. The van der Waals surface area contributed by atoms with Gasteiger partial charge in [-0.2, -0.15) is 0 Å². The fraction of sp³-hybridized carbons (Fsp3) is 0.600. The van der Waals surface area contributed by atoms with E-state index in [2.05, 4.69) is 4.90 Å². The molecule has 1 aromatic rings. The Labute approximate surface area is 108 Å². The van der Waals surface area contributed by atoms with E-state index in [0.717, 1.165) is 12.1 Å². The number of aliphatic hydroxyl groups excluding tert-OH is 1. The van der Waals surface area contributed by atoms with Crippen molar-refractivity contribution in [1.29, 1.82) is 0 Å². The summed E-state index contributed by atoms with van der Waals surface area (Å²) in [6, 6.07) is 7.27. The van der Waals surface area contributed by atoms with Crippen LogP contribution in [0.3, 0.4) is 0 Å². The van der Waals surface area contributed by atoms with E-state index in [4.69, 9.17) is 0 Å². The van der Waals surface area contributed by atoms with E-state index in [1.165, 1.54) is 44.2 Å². The highest BCUT2D eigenvalue weighted by Crippen LogP contribution is 2.23. The number of rotatable bonds is 5. The molecule has 1 saturated carbocycles. The maximum Gasteiger partial charge on any atom is 0.123 e.